The lowest BCUT2D eigenvalue weighted by Crippen LogP contribution is -2.36. The summed E-state index contributed by atoms with van der Waals surface area (Å²) in [7, 11) is -1.11. The molecule has 0 radical (unpaired) electrons. The smallest absolute Gasteiger partial charge is 0.496 e. The van der Waals surface area contributed by atoms with Crippen molar-refractivity contribution in [3.8, 4) is 17.2 Å². The van der Waals surface area contributed by atoms with Gasteiger partial charge in [-0.05, 0) is 31.3 Å². The van der Waals surface area contributed by atoms with Gasteiger partial charge >= 0.3 is 7.25 Å². The molecule has 5 nitrogen and oxygen atoms in total. The standard InChI is InChI=1S/C16H21N2O3S.BF4/c1-6-18-16(22-11(2)17-18)8-7-13-14(20-4)9-12(19-3)10-15(13)21-5;2-1(3,4)5/h7-10H,6H2,1-5H3;/q+1;-1. The molecule has 0 aliphatic heterocycles. The van der Waals surface area contributed by atoms with Crippen molar-refractivity contribution in [1.29, 1.82) is 0 Å². The molecule has 2 rings (SSSR count). The average Bonchev–Trinajstić information content (AvgIpc) is 2.97. The van der Waals surface area contributed by atoms with E-state index in [9.17, 15) is 17.3 Å². The minimum atomic E-state index is -6.00. The second kappa shape index (κ2) is 10.1. The molecule has 1 heterocycles. The SMILES string of the molecule is CC[n+]1nc(C)sc1C=Cc1c(OC)cc(OC)cc1OC.F[B-](F)(F)F. The molecule has 0 fully saturated rings. The molecule has 1 aromatic carbocycles. The average molecular weight is 408 g/mol. The number of nitrogens with zero attached hydrogens (tertiary/aromatic N) is 2. The molecule has 0 aliphatic carbocycles. The zero-order valence-electron chi connectivity index (χ0n) is 15.6. The van der Waals surface area contributed by atoms with E-state index in [0.717, 1.165) is 22.1 Å². The van der Waals surface area contributed by atoms with E-state index in [2.05, 4.69) is 12.0 Å². The molecule has 0 spiro atoms. The molecule has 0 N–H and O–H groups in total. The highest BCUT2D eigenvalue weighted by Crippen LogP contribution is 2.35. The molecule has 150 valence electrons. The van der Waals surface area contributed by atoms with Crippen molar-refractivity contribution in [3.63, 3.8) is 0 Å². The number of hydrogen-bond donors (Lipinski definition) is 0. The van der Waals surface area contributed by atoms with Crippen molar-refractivity contribution in [3.05, 3.63) is 27.7 Å². The molecule has 11 heteroatoms. The summed E-state index contributed by atoms with van der Waals surface area (Å²) in [5.41, 5.74) is 0.875. The van der Waals surface area contributed by atoms with Gasteiger partial charge in [0.15, 0.2) is 11.6 Å². The Bertz CT molecular complexity index is 751. The zero-order valence-corrected chi connectivity index (χ0v) is 16.4. The molecular formula is C16H21BF4N2O3S. The fourth-order valence-electron chi connectivity index (χ4n) is 2.14. The highest BCUT2D eigenvalue weighted by atomic mass is 32.1. The predicted molar refractivity (Wildman–Crippen MR) is 97.9 cm³/mol. The zero-order chi connectivity index (χ0) is 20.6. The molecule has 0 atom stereocenters. The number of ether oxygens (including phenoxy) is 3. The van der Waals surface area contributed by atoms with Crippen molar-refractivity contribution in [2.24, 2.45) is 0 Å². The number of halogens is 4. The van der Waals surface area contributed by atoms with Crippen molar-refractivity contribution in [2.45, 2.75) is 20.4 Å². The lowest BCUT2D eigenvalue weighted by Gasteiger charge is -2.12. The topological polar surface area (TPSA) is 44.5 Å². The Morgan fingerprint density at radius 3 is 1.96 bits per heavy atom. The van der Waals surface area contributed by atoms with Crippen LogP contribution in [0.4, 0.5) is 17.3 Å². The van der Waals surface area contributed by atoms with E-state index in [0.29, 0.717) is 17.2 Å². The first-order valence-corrected chi connectivity index (χ1v) is 8.67. The fraction of sp³-hybridized carbons (Fsp3) is 0.375. The summed E-state index contributed by atoms with van der Waals surface area (Å²) in [6.45, 7) is 4.91. The number of benzene rings is 1. The van der Waals surface area contributed by atoms with Gasteiger partial charge in [0.25, 0.3) is 5.01 Å². The van der Waals surface area contributed by atoms with Crippen LogP contribution in [0.25, 0.3) is 12.2 Å². The summed E-state index contributed by atoms with van der Waals surface area (Å²) < 4.78 is 57.1. The van der Waals surface area contributed by atoms with Crippen molar-refractivity contribution in [2.75, 3.05) is 21.3 Å². The highest BCUT2D eigenvalue weighted by Gasteiger charge is 2.20. The normalized spacial score (nSPS) is 11.1. The van der Waals surface area contributed by atoms with Crippen LogP contribution in [0.3, 0.4) is 0 Å². The first-order valence-electron chi connectivity index (χ1n) is 7.85. The molecule has 0 saturated heterocycles. The fourth-order valence-corrected chi connectivity index (χ4v) is 3.00. The van der Waals surface area contributed by atoms with Gasteiger partial charge in [-0.3, -0.25) is 0 Å². The van der Waals surface area contributed by atoms with Crippen LogP contribution in [0.5, 0.6) is 17.2 Å². The summed E-state index contributed by atoms with van der Waals surface area (Å²) >= 11 is 1.65. The minimum Gasteiger partial charge on any atom is -0.496 e. The highest BCUT2D eigenvalue weighted by molar-refractivity contribution is 7.11. The van der Waals surface area contributed by atoms with Gasteiger partial charge in [-0.2, -0.15) is 0 Å². The summed E-state index contributed by atoms with van der Waals surface area (Å²) in [6.07, 6.45) is 4.01. The van der Waals surface area contributed by atoms with Gasteiger partial charge in [0.2, 0.25) is 0 Å². The monoisotopic (exact) mass is 408 g/mol. The molecule has 0 unspecified atom stereocenters. The van der Waals surface area contributed by atoms with Crippen LogP contribution in [0.1, 0.15) is 22.5 Å². The van der Waals surface area contributed by atoms with Crippen LogP contribution in [0.2, 0.25) is 0 Å². The Morgan fingerprint density at radius 1 is 1.04 bits per heavy atom. The first-order chi connectivity index (χ1) is 12.6. The molecule has 1 aromatic heterocycles. The number of aromatic nitrogens is 2. The van der Waals surface area contributed by atoms with Gasteiger partial charge in [0, 0.05) is 23.3 Å². The molecule has 0 saturated carbocycles. The van der Waals surface area contributed by atoms with E-state index < -0.39 is 7.25 Å². The summed E-state index contributed by atoms with van der Waals surface area (Å²) in [4.78, 5) is 0. The predicted octanol–water partition coefficient (Wildman–Crippen LogP) is 4.26. The van der Waals surface area contributed by atoms with E-state index in [1.54, 1.807) is 32.7 Å². The number of rotatable bonds is 6. The minimum absolute atomic E-state index is 0.697. The van der Waals surface area contributed by atoms with E-state index in [1.165, 1.54) is 0 Å². The molecule has 2 aromatic rings. The van der Waals surface area contributed by atoms with Gasteiger partial charge in [0.1, 0.15) is 17.2 Å². The summed E-state index contributed by atoms with van der Waals surface area (Å²) in [5, 5.41) is 6.58. The quantitative estimate of drug-likeness (QED) is 0.407. The van der Waals surface area contributed by atoms with E-state index in [-0.39, 0.29) is 0 Å². The Balaban J connectivity index is 0.000000646. The van der Waals surface area contributed by atoms with Crippen LogP contribution in [-0.4, -0.2) is 33.7 Å². The van der Waals surface area contributed by atoms with Crippen LogP contribution in [0, 0.1) is 6.92 Å². The maximum atomic E-state index is 9.75. The van der Waals surface area contributed by atoms with Gasteiger partial charge < -0.3 is 31.5 Å². The molecular weight excluding hydrogens is 387 g/mol. The van der Waals surface area contributed by atoms with Crippen LogP contribution >= 0.6 is 11.3 Å². The second-order valence-corrected chi connectivity index (χ2v) is 6.26. The third-order valence-electron chi connectivity index (χ3n) is 3.21. The Kier molecular flexibility index (Phi) is 8.55. The van der Waals surface area contributed by atoms with Crippen LogP contribution in [0.15, 0.2) is 12.1 Å². The maximum Gasteiger partial charge on any atom is 0.673 e. The van der Waals surface area contributed by atoms with E-state index in [1.807, 2.05) is 35.9 Å². The van der Waals surface area contributed by atoms with Crippen LogP contribution < -0.4 is 18.9 Å². The number of hydrogen-bond acceptors (Lipinski definition) is 5. The second-order valence-electron chi connectivity index (χ2n) is 5.05. The third-order valence-corrected chi connectivity index (χ3v) is 4.15. The molecule has 0 aliphatic rings. The summed E-state index contributed by atoms with van der Waals surface area (Å²) in [5.74, 6) is 2.11. The van der Waals surface area contributed by atoms with Crippen molar-refractivity contribution in [1.82, 2.24) is 5.10 Å². The third kappa shape index (κ3) is 7.45. The van der Waals surface area contributed by atoms with Crippen molar-refractivity contribution >= 4 is 30.7 Å². The molecule has 27 heavy (non-hydrogen) atoms. The lowest BCUT2D eigenvalue weighted by molar-refractivity contribution is -0.747. The lowest BCUT2D eigenvalue weighted by atomic mass is 10.1. The molecule has 0 bridgehead atoms. The van der Waals surface area contributed by atoms with E-state index in [4.69, 9.17) is 14.2 Å². The van der Waals surface area contributed by atoms with Gasteiger partial charge in [-0.25, -0.2) is 0 Å². The number of aryl methyl sites for hydroxylation is 2. The Hall–Kier alpha value is -2.30. The van der Waals surface area contributed by atoms with Gasteiger partial charge in [-0.15, -0.1) is 0 Å². The Morgan fingerprint density at radius 2 is 1.56 bits per heavy atom. The largest absolute Gasteiger partial charge is 0.673 e. The van der Waals surface area contributed by atoms with Gasteiger partial charge in [0.05, 0.1) is 26.9 Å². The van der Waals surface area contributed by atoms with Crippen molar-refractivity contribution < 1.29 is 36.2 Å². The number of methoxy groups -OCH3 is 3. The molecule has 0 amide bonds. The maximum absolute atomic E-state index is 9.75. The Labute approximate surface area is 159 Å². The van der Waals surface area contributed by atoms with Gasteiger partial charge in [-0.1, -0.05) is 4.68 Å². The summed E-state index contributed by atoms with van der Waals surface area (Å²) in [6, 6.07) is 3.68. The van der Waals surface area contributed by atoms with E-state index >= 15 is 0 Å². The van der Waals surface area contributed by atoms with Crippen LogP contribution in [-0.2, 0) is 6.54 Å². The first kappa shape index (κ1) is 22.7.